The van der Waals surface area contributed by atoms with Crippen LogP contribution in [0.25, 0.3) is 11.3 Å². The molecule has 1 aromatic carbocycles. The fourth-order valence-corrected chi connectivity index (χ4v) is 2.23. The minimum absolute atomic E-state index is 0.460. The van der Waals surface area contributed by atoms with Crippen LogP contribution in [0.15, 0.2) is 45.3 Å². The minimum atomic E-state index is -0.841. The summed E-state index contributed by atoms with van der Waals surface area (Å²) in [5, 5.41) is 8.97. The number of halogens is 1. The molecule has 20 heavy (non-hydrogen) atoms. The predicted octanol–water partition coefficient (Wildman–Crippen LogP) is 3.61. The van der Waals surface area contributed by atoms with E-state index in [0.717, 1.165) is 21.6 Å². The molecule has 1 atom stereocenters. The van der Waals surface area contributed by atoms with Gasteiger partial charge in [0.05, 0.1) is 6.54 Å². The number of hydrogen-bond donors (Lipinski definition) is 1. The standard InChI is InChI=1S/C15H16BrNO3/c1-10(15(18)19)17(2)9-13-6-7-14(20-13)11-4-3-5-12(16)8-11/h3-8,10H,9H2,1-2H3,(H,18,19). The molecule has 1 aromatic heterocycles. The van der Waals surface area contributed by atoms with Gasteiger partial charge in [-0.2, -0.15) is 0 Å². The molecule has 0 aliphatic heterocycles. The zero-order chi connectivity index (χ0) is 14.7. The van der Waals surface area contributed by atoms with Gasteiger partial charge < -0.3 is 9.52 Å². The van der Waals surface area contributed by atoms with Gasteiger partial charge in [-0.05, 0) is 38.2 Å². The van der Waals surface area contributed by atoms with Gasteiger partial charge in [0.25, 0.3) is 0 Å². The molecule has 0 fully saturated rings. The molecule has 4 nitrogen and oxygen atoms in total. The second-order valence-corrected chi connectivity index (χ2v) is 5.62. The highest BCUT2D eigenvalue weighted by molar-refractivity contribution is 9.10. The summed E-state index contributed by atoms with van der Waals surface area (Å²) in [5.74, 6) is 0.680. The van der Waals surface area contributed by atoms with Crippen molar-refractivity contribution in [3.8, 4) is 11.3 Å². The van der Waals surface area contributed by atoms with Gasteiger partial charge in [0.2, 0.25) is 0 Å². The first-order valence-electron chi connectivity index (χ1n) is 6.25. The van der Waals surface area contributed by atoms with Crippen LogP contribution in [0.2, 0.25) is 0 Å². The normalized spacial score (nSPS) is 12.6. The molecule has 106 valence electrons. The average Bonchev–Trinajstić information content (AvgIpc) is 2.86. The van der Waals surface area contributed by atoms with Gasteiger partial charge in [0, 0.05) is 10.0 Å². The third-order valence-electron chi connectivity index (χ3n) is 3.19. The van der Waals surface area contributed by atoms with Gasteiger partial charge in [-0.15, -0.1) is 0 Å². The van der Waals surface area contributed by atoms with E-state index < -0.39 is 12.0 Å². The third kappa shape index (κ3) is 3.49. The molecular formula is C15H16BrNO3. The van der Waals surface area contributed by atoms with Crippen molar-refractivity contribution in [2.45, 2.75) is 19.5 Å². The minimum Gasteiger partial charge on any atom is -0.480 e. The second kappa shape index (κ2) is 6.24. The van der Waals surface area contributed by atoms with Crippen LogP contribution in [0.3, 0.4) is 0 Å². The van der Waals surface area contributed by atoms with Crippen molar-refractivity contribution in [2.75, 3.05) is 7.05 Å². The van der Waals surface area contributed by atoms with Crippen molar-refractivity contribution in [3.63, 3.8) is 0 Å². The van der Waals surface area contributed by atoms with Crippen molar-refractivity contribution < 1.29 is 14.3 Å². The van der Waals surface area contributed by atoms with Crippen LogP contribution in [-0.2, 0) is 11.3 Å². The van der Waals surface area contributed by atoms with Crippen LogP contribution >= 0.6 is 15.9 Å². The maximum Gasteiger partial charge on any atom is 0.320 e. The number of rotatable bonds is 5. The number of furan rings is 1. The molecule has 0 radical (unpaired) electrons. The summed E-state index contributed by atoms with van der Waals surface area (Å²) in [6.07, 6.45) is 0. The lowest BCUT2D eigenvalue weighted by atomic mass is 10.2. The molecule has 0 saturated carbocycles. The summed E-state index contributed by atoms with van der Waals surface area (Å²) in [5.41, 5.74) is 0.986. The van der Waals surface area contributed by atoms with E-state index in [0.29, 0.717) is 6.54 Å². The Morgan fingerprint density at radius 3 is 2.80 bits per heavy atom. The van der Waals surface area contributed by atoms with E-state index in [9.17, 15) is 4.79 Å². The van der Waals surface area contributed by atoms with Crippen LogP contribution in [0.1, 0.15) is 12.7 Å². The summed E-state index contributed by atoms with van der Waals surface area (Å²) in [7, 11) is 1.76. The zero-order valence-electron chi connectivity index (χ0n) is 11.3. The fourth-order valence-electron chi connectivity index (χ4n) is 1.83. The van der Waals surface area contributed by atoms with Crippen molar-refractivity contribution >= 4 is 21.9 Å². The maximum atomic E-state index is 10.9. The van der Waals surface area contributed by atoms with E-state index in [1.54, 1.807) is 18.9 Å². The second-order valence-electron chi connectivity index (χ2n) is 4.71. The van der Waals surface area contributed by atoms with Crippen molar-refractivity contribution in [1.82, 2.24) is 4.90 Å². The molecule has 5 heteroatoms. The van der Waals surface area contributed by atoms with Gasteiger partial charge in [-0.3, -0.25) is 9.69 Å². The Kier molecular flexibility index (Phi) is 4.62. The number of aliphatic carboxylic acids is 1. The lowest BCUT2D eigenvalue weighted by Gasteiger charge is -2.19. The topological polar surface area (TPSA) is 53.7 Å². The first-order chi connectivity index (χ1) is 9.47. The van der Waals surface area contributed by atoms with Crippen LogP contribution in [0.5, 0.6) is 0 Å². The van der Waals surface area contributed by atoms with Gasteiger partial charge in [0.15, 0.2) is 0 Å². The molecular weight excluding hydrogens is 322 g/mol. The molecule has 1 heterocycles. The summed E-state index contributed by atoms with van der Waals surface area (Å²) in [4.78, 5) is 12.6. The van der Waals surface area contributed by atoms with Crippen LogP contribution in [0.4, 0.5) is 0 Å². The zero-order valence-corrected chi connectivity index (χ0v) is 12.9. The number of carboxylic acids is 1. The Morgan fingerprint density at radius 1 is 1.40 bits per heavy atom. The smallest absolute Gasteiger partial charge is 0.320 e. The Bertz CT molecular complexity index is 609. The van der Waals surface area contributed by atoms with Crippen LogP contribution < -0.4 is 0 Å². The van der Waals surface area contributed by atoms with Crippen molar-refractivity contribution in [2.24, 2.45) is 0 Å². The molecule has 0 aliphatic carbocycles. The van der Waals surface area contributed by atoms with E-state index in [1.807, 2.05) is 36.4 Å². The molecule has 0 saturated heterocycles. The highest BCUT2D eigenvalue weighted by Crippen LogP contribution is 2.25. The van der Waals surface area contributed by atoms with Gasteiger partial charge >= 0.3 is 5.97 Å². The molecule has 0 spiro atoms. The highest BCUT2D eigenvalue weighted by atomic mass is 79.9. The maximum absolute atomic E-state index is 10.9. The van der Waals surface area contributed by atoms with E-state index in [2.05, 4.69) is 15.9 Å². The first kappa shape index (κ1) is 14.8. The molecule has 2 rings (SSSR count). The monoisotopic (exact) mass is 337 g/mol. The summed E-state index contributed by atoms with van der Waals surface area (Å²) in [6, 6.07) is 11.1. The molecule has 1 N–H and O–H groups in total. The Hall–Kier alpha value is -1.59. The Balaban J connectivity index is 2.11. The van der Waals surface area contributed by atoms with Gasteiger partial charge in [0.1, 0.15) is 17.6 Å². The number of benzene rings is 1. The predicted molar refractivity (Wildman–Crippen MR) is 80.4 cm³/mol. The van der Waals surface area contributed by atoms with E-state index in [-0.39, 0.29) is 0 Å². The highest BCUT2D eigenvalue weighted by Gasteiger charge is 2.18. The van der Waals surface area contributed by atoms with Crippen molar-refractivity contribution in [1.29, 1.82) is 0 Å². The van der Waals surface area contributed by atoms with Gasteiger partial charge in [-0.25, -0.2) is 0 Å². The number of carbonyl (C=O) groups is 1. The summed E-state index contributed by atoms with van der Waals surface area (Å²) < 4.78 is 6.76. The summed E-state index contributed by atoms with van der Waals surface area (Å²) in [6.45, 7) is 2.11. The average molecular weight is 338 g/mol. The Morgan fingerprint density at radius 2 is 2.15 bits per heavy atom. The van der Waals surface area contributed by atoms with Crippen LogP contribution in [0, 0.1) is 0 Å². The number of likely N-dealkylation sites (N-methyl/N-ethyl adjacent to an activating group) is 1. The molecule has 0 amide bonds. The number of nitrogens with zero attached hydrogens (tertiary/aromatic N) is 1. The SMILES string of the molecule is CC(C(=O)O)N(C)Cc1ccc(-c2cccc(Br)c2)o1. The summed E-state index contributed by atoms with van der Waals surface area (Å²) >= 11 is 3.43. The molecule has 1 unspecified atom stereocenters. The lowest BCUT2D eigenvalue weighted by molar-refractivity contribution is -0.142. The Labute approximate surface area is 126 Å². The molecule has 0 aliphatic rings. The molecule has 0 bridgehead atoms. The number of hydrogen-bond acceptors (Lipinski definition) is 3. The van der Waals surface area contributed by atoms with Gasteiger partial charge in [-0.1, -0.05) is 28.1 Å². The van der Waals surface area contributed by atoms with E-state index in [4.69, 9.17) is 9.52 Å². The molecule has 2 aromatic rings. The number of carboxylic acid groups (broad SMARTS) is 1. The van der Waals surface area contributed by atoms with E-state index >= 15 is 0 Å². The fraction of sp³-hybridized carbons (Fsp3) is 0.267. The quantitative estimate of drug-likeness (QED) is 0.905. The third-order valence-corrected chi connectivity index (χ3v) is 3.69. The van der Waals surface area contributed by atoms with E-state index in [1.165, 1.54) is 0 Å². The van der Waals surface area contributed by atoms with Crippen molar-refractivity contribution in [3.05, 3.63) is 46.6 Å². The van der Waals surface area contributed by atoms with Crippen LogP contribution in [-0.4, -0.2) is 29.1 Å². The first-order valence-corrected chi connectivity index (χ1v) is 7.04. The largest absolute Gasteiger partial charge is 0.480 e. The lowest BCUT2D eigenvalue weighted by Crippen LogP contribution is -2.35.